The van der Waals surface area contributed by atoms with Crippen molar-refractivity contribution in [2.75, 3.05) is 23.3 Å². The molecule has 5 nitrogen and oxygen atoms in total. The van der Waals surface area contributed by atoms with E-state index in [1.807, 2.05) is 57.7 Å². The number of hydrogen-bond acceptors (Lipinski definition) is 4. The zero-order chi connectivity index (χ0) is 17.0. The van der Waals surface area contributed by atoms with E-state index in [-0.39, 0.29) is 5.91 Å². The molecule has 2 aromatic rings. The van der Waals surface area contributed by atoms with Gasteiger partial charge in [0.2, 0.25) is 5.95 Å². The van der Waals surface area contributed by atoms with Crippen LogP contribution in [0, 0.1) is 20.8 Å². The Morgan fingerprint density at radius 3 is 2.26 bits per heavy atom. The molecule has 1 aromatic carbocycles. The quantitative estimate of drug-likeness (QED) is 0.918. The SMILES string of the molecule is CCN(CC)c1nc(C)cc(C(=O)Nc2c(C)cccc2C)n1. The van der Waals surface area contributed by atoms with Crippen LogP contribution in [0.2, 0.25) is 0 Å². The summed E-state index contributed by atoms with van der Waals surface area (Å²) < 4.78 is 0. The summed E-state index contributed by atoms with van der Waals surface area (Å²) in [5, 5.41) is 2.98. The van der Waals surface area contributed by atoms with E-state index in [9.17, 15) is 4.79 Å². The summed E-state index contributed by atoms with van der Waals surface area (Å²) in [5.41, 5.74) is 4.09. The molecule has 0 atom stereocenters. The van der Waals surface area contributed by atoms with Crippen LogP contribution in [0.25, 0.3) is 0 Å². The van der Waals surface area contributed by atoms with Crippen LogP contribution in [0.4, 0.5) is 11.6 Å². The van der Waals surface area contributed by atoms with Gasteiger partial charge in [-0.3, -0.25) is 4.79 Å². The number of amides is 1. The normalized spacial score (nSPS) is 10.5. The minimum atomic E-state index is -0.207. The number of hydrogen-bond donors (Lipinski definition) is 1. The highest BCUT2D eigenvalue weighted by Crippen LogP contribution is 2.20. The maximum atomic E-state index is 12.6. The van der Waals surface area contributed by atoms with Crippen LogP contribution in [-0.4, -0.2) is 29.0 Å². The Kier molecular flexibility index (Phi) is 5.32. The van der Waals surface area contributed by atoms with Gasteiger partial charge in [0.15, 0.2) is 0 Å². The highest BCUT2D eigenvalue weighted by atomic mass is 16.1. The number of aromatic nitrogens is 2. The lowest BCUT2D eigenvalue weighted by molar-refractivity contribution is 0.102. The third-order valence-electron chi connectivity index (χ3n) is 3.84. The van der Waals surface area contributed by atoms with Gasteiger partial charge in [-0.1, -0.05) is 18.2 Å². The number of aryl methyl sites for hydroxylation is 3. The third kappa shape index (κ3) is 3.86. The van der Waals surface area contributed by atoms with Crippen LogP contribution in [0.3, 0.4) is 0 Å². The van der Waals surface area contributed by atoms with Crippen molar-refractivity contribution in [3.63, 3.8) is 0 Å². The van der Waals surface area contributed by atoms with Crippen molar-refractivity contribution in [2.45, 2.75) is 34.6 Å². The van der Waals surface area contributed by atoms with Gasteiger partial charge in [0.1, 0.15) is 5.69 Å². The molecular weight excluding hydrogens is 288 g/mol. The fourth-order valence-electron chi connectivity index (χ4n) is 2.51. The average Bonchev–Trinajstić information content (AvgIpc) is 2.51. The first-order valence-corrected chi connectivity index (χ1v) is 7.94. The van der Waals surface area contributed by atoms with Gasteiger partial charge >= 0.3 is 0 Å². The predicted molar refractivity (Wildman–Crippen MR) is 94.2 cm³/mol. The van der Waals surface area contributed by atoms with Crippen LogP contribution < -0.4 is 10.2 Å². The van der Waals surface area contributed by atoms with Crippen molar-refractivity contribution >= 4 is 17.5 Å². The number of nitrogens with one attached hydrogen (secondary N) is 1. The van der Waals surface area contributed by atoms with E-state index in [1.54, 1.807) is 6.07 Å². The van der Waals surface area contributed by atoms with E-state index in [2.05, 4.69) is 15.3 Å². The Morgan fingerprint density at radius 2 is 1.70 bits per heavy atom. The zero-order valence-corrected chi connectivity index (χ0v) is 14.5. The van der Waals surface area contributed by atoms with Crippen molar-refractivity contribution in [2.24, 2.45) is 0 Å². The number of carbonyl (C=O) groups excluding carboxylic acids is 1. The molecule has 0 fully saturated rings. The summed E-state index contributed by atoms with van der Waals surface area (Å²) in [6.07, 6.45) is 0. The minimum absolute atomic E-state index is 0.207. The fourth-order valence-corrected chi connectivity index (χ4v) is 2.51. The molecule has 0 unspecified atom stereocenters. The summed E-state index contributed by atoms with van der Waals surface area (Å²) in [6, 6.07) is 7.66. The summed E-state index contributed by atoms with van der Waals surface area (Å²) in [5.74, 6) is 0.392. The van der Waals surface area contributed by atoms with Crippen LogP contribution in [0.5, 0.6) is 0 Å². The molecule has 1 heterocycles. The smallest absolute Gasteiger partial charge is 0.274 e. The number of carbonyl (C=O) groups is 1. The van der Waals surface area contributed by atoms with Crippen molar-refractivity contribution in [1.82, 2.24) is 9.97 Å². The molecule has 1 N–H and O–H groups in total. The Morgan fingerprint density at radius 1 is 1.09 bits per heavy atom. The van der Waals surface area contributed by atoms with Crippen LogP contribution in [0.15, 0.2) is 24.3 Å². The number of anilines is 2. The number of rotatable bonds is 5. The van der Waals surface area contributed by atoms with E-state index in [0.29, 0.717) is 11.6 Å². The molecule has 23 heavy (non-hydrogen) atoms. The maximum absolute atomic E-state index is 12.6. The summed E-state index contributed by atoms with van der Waals surface area (Å²) in [7, 11) is 0. The van der Waals surface area contributed by atoms with E-state index >= 15 is 0 Å². The Hall–Kier alpha value is -2.43. The van der Waals surface area contributed by atoms with Crippen molar-refractivity contribution in [3.8, 4) is 0 Å². The molecule has 0 aliphatic carbocycles. The first-order chi connectivity index (χ1) is 11.0. The lowest BCUT2D eigenvalue weighted by Crippen LogP contribution is -2.26. The van der Waals surface area contributed by atoms with Gasteiger partial charge in [0.05, 0.1) is 0 Å². The molecule has 122 valence electrons. The number of nitrogens with zero attached hydrogens (tertiary/aromatic N) is 3. The van der Waals surface area contributed by atoms with Crippen molar-refractivity contribution in [3.05, 3.63) is 46.8 Å². The van der Waals surface area contributed by atoms with Crippen LogP contribution in [-0.2, 0) is 0 Å². The topological polar surface area (TPSA) is 58.1 Å². The van der Waals surface area contributed by atoms with E-state index in [1.165, 1.54) is 0 Å². The van der Waals surface area contributed by atoms with Crippen molar-refractivity contribution < 1.29 is 4.79 Å². The van der Waals surface area contributed by atoms with Gasteiger partial charge < -0.3 is 10.2 Å². The summed E-state index contributed by atoms with van der Waals surface area (Å²) >= 11 is 0. The zero-order valence-electron chi connectivity index (χ0n) is 14.5. The standard InChI is InChI=1S/C18H24N4O/c1-6-22(7-2)18-19-14(5)11-15(20-18)17(23)21-16-12(3)9-8-10-13(16)4/h8-11H,6-7H2,1-5H3,(H,21,23). The van der Waals surface area contributed by atoms with Gasteiger partial charge in [-0.05, 0) is 51.8 Å². The van der Waals surface area contributed by atoms with E-state index in [4.69, 9.17) is 0 Å². The second-order valence-corrected chi connectivity index (χ2v) is 5.59. The fraction of sp³-hybridized carbons (Fsp3) is 0.389. The molecule has 1 aromatic heterocycles. The first-order valence-electron chi connectivity index (χ1n) is 7.94. The van der Waals surface area contributed by atoms with Crippen LogP contribution >= 0.6 is 0 Å². The highest BCUT2D eigenvalue weighted by Gasteiger charge is 2.15. The highest BCUT2D eigenvalue weighted by molar-refractivity contribution is 6.03. The molecule has 5 heteroatoms. The predicted octanol–water partition coefficient (Wildman–Crippen LogP) is 3.50. The largest absolute Gasteiger partial charge is 0.341 e. The second kappa shape index (κ2) is 7.22. The number of para-hydroxylation sites is 1. The average molecular weight is 312 g/mol. The third-order valence-corrected chi connectivity index (χ3v) is 3.84. The summed E-state index contributed by atoms with van der Waals surface area (Å²) in [4.78, 5) is 23.5. The van der Waals surface area contributed by atoms with E-state index in [0.717, 1.165) is 35.6 Å². The molecule has 0 aliphatic rings. The Balaban J connectivity index is 2.32. The molecular formula is C18H24N4O. The molecule has 0 saturated heterocycles. The van der Waals surface area contributed by atoms with Gasteiger partial charge in [0.25, 0.3) is 5.91 Å². The van der Waals surface area contributed by atoms with Gasteiger partial charge in [-0.2, -0.15) is 0 Å². The molecule has 0 saturated carbocycles. The van der Waals surface area contributed by atoms with Crippen molar-refractivity contribution in [1.29, 1.82) is 0 Å². The molecule has 2 rings (SSSR count). The Bertz CT molecular complexity index is 688. The van der Waals surface area contributed by atoms with Crippen LogP contribution in [0.1, 0.15) is 41.2 Å². The molecule has 0 radical (unpaired) electrons. The maximum Gasteiger partial charge on any atom is 0.274 e. The van der Waals surface area contributed by atoms with Gasteiger partial charge in [-0.25, -0.2) is 9.97 Å². The lowest BCUT2D eigenvalue weighted by Gasteiger charge is -2.19. The summed E-state index contributed by atoms with van der Waals surface area (Å²) in [6.45, 7) is 11.5. The molecule has 0 aliphatic heterocycles. The molecule has 1 amide bonds. The lowest BCUT2D eigenvalue weighted by atomic mass is 10.1. The minimum Gasteiger partial charge on any atom is -0.341 e. The first kappa shape index (κ1) is 16.9. The van der Waals surface area contributed by atoms with E-state index < -0.39 is 0 Å². The van der Waals surface area contributed by atoms with Gasteiger partial charge in [0, 0.05) is 24.5 Å². The number of benzene rings is 1. The molecule has 0 spiro atoms. The molecule has 0 bridgehead atoms. The van der Waals surface area contributed by atoms with Gasteiger partial charge in [-0.15, -0.1) is 0 Å². The monoisotopic (exact) mass is 312 g/mol. The second-order valence-electron chi connectivity index (χ2n) is 5.59. The Labute approximate surface area is 137 Å².